The van der Waals surface area contributed by atoms with Crippen molar-refractivity contribution in [1.82, 2.24) is 9.97 Å². The number of ether oxygens (including phenoxy) is 2. The zero-order valence-electron chi connectivity index (χ0n) is 10.5. The molecule has 1 aromatic heterocycles. The van der Waals surface area contributed by atoms with Gasteiger partial charge < -0.3 is 14.6 Å². The Labute approximate surface area is 110 Å². The van der Waals surface area contributed by atoms with Crippen LogP contribution in [0.2, 0.25) is 0 Å². The van der Waals surface area contributed by atoms with Crippen molar-refractivity contribution in [1.29, 1.82) is 0 Å². The van der Waals surface area contributed by atoms with Gasteiger partial charge in [0.05, 0.1) is 19.4 Å². The number of aliphatic hydroxyl groups is 1. The highest BCUT2D eigenvalue weighted by atomic mass is 16.5. The molecule has 0 radical (unpaired) electrons. The molecule has 1 aromatic carbocycles. The highest BCUT2D eigenvalue weighted by Gasteiger charge is 2.18. The van der Waals surface area contributed by atoms with Crippen LogP contribution in [-0.2, 0) is 6.42 Å². The van der Waals surface area contributed by atoms with E-state index < -0.39 is 6.10 Å². The quantitative estimate of drug-likeness (QED) is 0.903. The zero-order valence-corrected chi connectivity index (χ0v) is 10.5. The Balaban J connectivity index is 1.92. The topological polar surface area (TPSA) is 64.5 Å². The molecular weight excluding hydrogens is 244 g/mol. The van der Waals surface area contributed by atoms with Crippen LogP contribution in [0.5, 0.6) is 11.6 Å². The van der Waals surface area contributed by atoms with Gasteiger partial charge in [-0.1, -0.05) is 6.07 Å². The van der Waals surface area contributed by atoms with Gasteiger partial charge >= 0.3 is 0 Å². The minimum atomic E-state index is -0.789. The number of fused-ring (bicyclic) bond motifs is 1. The number of rotatable bonds is 3. The molecule has 0 aliphatic carbocycles. The molecule has 0 bridgehead atoms. The van der Waals surface area contributed by atoms with Crippen LogP contribution in [0.15, 0.2) is 30.6 Å². The van der Waals surface area contributed by atoms with E-state index in [0.29, 0.717) is 18.2 Å². The molecule has 0 amide bonds. The van der Waals surface area contributed by atoms with Crippen LogP contribution in [-0.4, -0.2) is 28.8 Å². The second-order valence-corrected chi connectivity index (χ2v) is 4.35. The van der Waals surface area contributed by atoms with E-state index in [2.05, 4.69) is 9.97 Å². The van der Waals surface area contributed by atoms with Gasteiger partial charge in [-0.3, -0.25) is 0 Å². The zero-order chi connectivity index (χ0) is 13.2. The van der Waals surface area contributed by atoms with Gasteiger partial charge in [0.25, 0.3) is 0 Å². The first-order valence-corrected chi connectivity index (χ1v) is 6.07. The van der Waals surface area contributed by atoms with Gasteiger partial charge in [-0.15, -0.1) is 0 Å². The fourth-order valence-electron chi connectivity index (χ4n) is 2.16. The maximum Gasteiger partial charge on any atom is 0.216 e. The van der Waals surface area contributed by atoms with Crippen molar-refractivity contribution >= 4 is 0 Å². The average Bonchev–Trinajstić information content (AvgIpc) is 2.94. The lowest BCUT2D eigenvalue weighted by atomic mass is 10.0. The summed E-state index contributed by atoms with van der Waals surface area (Å²) >= 11 is 0. The normalized spacial score (nSPS) is 14.6. The third-order valence-corrected chi connectivity index (χ3v) is 3.18. The van der Waals surface area contributed by atoms with E-state index in [1.54, 1.807) is 6.07 Å². The van der Waals surface area contributed by atoms with Crippen molar-refractivity contribution in [2.45, 2.75) is 12.5 Å². The predicted molar refractivity (Wildman–Crippen MR) is 68.3 cm³/mol. The maximum atomic E-state index is 10.4. The number of hydrogen-bond donors (Lipinski definition) is 1. The molecule has 0 saturated heterocycles. The molecule has 1 aliphatic heterocycles. The lowest BCUT2D eigenvalue weighted by Gasteiger charge is -2.12. The summed E-state index contributed by atoms with van der Waals surface area (Å²) in [6.07, 6.45) is 1.47. The van der Waals surface area contributed by atoms with Crippen molar-refractivity contribution in [3.05, 3.63) is 47.4 Å². The third-order valence-electron chi connectivity index (χ3n) is 3.18. The van der Waals surface area contributed by atoms with Crippen molar-refractivity contribution in [3.63, 3.8) is 0 Å². The molecule has 98 valence electrons. The number of aromatic nitrogens is 2. The number of aliphatic hydroxyl groups excluding tert-OH is 1. The van der Waals surface area contributed by atoms with Gasteiger partial charge in [0, 0.05) is 12.5 Å². The molecule has 1 atom stereocenters. The number of methoxy groups -OCH3 is 1. The van der Waals surface area contributed by atoms with E-state index >= 15 is 0 Å². The molecule has 0 spiro atoms. The van der Waals surface area contributed by atoms with E-state index in [4.69, 9.17) is 9.47 Å². The van der Waals surface area contributed by atoms with Crippen LogP contribution in [0, 0.1) is 0 Å². The molecule has 5 nitrogen and oxygen atoms in total. The van der Waals surface area contributed by atoms with Crippen molar-refractivity contribution < 1.29 is 14.6 Å². The van der Waals surface area contributed by atoms with Crippen LogP contribution in [0.1, 0.15) is 22.9 Å². The Morgan fingerprint density at radius 1 is 1.32 bits per heavy atom. The summed E-state index contributed by atoms with van der Waals surface area (Å²) in [6.45, 7) is 0.705. The molecule has 2 aromatic rings. The molecular formula is C14H14N2O3. The minimum absolute atomic E-state index is 0.438. The van der Waals surface area contributed by atoms with E-state index in [1.165, 1.54) is 13.4 Å². The number of nitrogens with zero attached hydrogens (tertiary/aromatic N) is 2. The fourth-order valence-corrected chi connectivity index (χ4v) is 2.16. The summed E-state index contributed by atoms with van der Waals surface area (Å²) in [5.74, 6) is 1.34. The first kappa shape index (κ1) is 11.9. The van der Waals surface area contributed by atoms with Crippen molar-refractivity contribution in [3.8, 4) is 11.6 Å². The molecule has 1 N–H and O–H groups in total. The minimum Gasteiger partial charge on any atom is -0.493 e. The predicted octanol–water partition coefficient (Wildman–Crippen LogP) is 1.50. The fraction of sp³-hybridized carbons (Fsp3) is 0.286. The SMILES string of the molecule is COc1cc(C(O)c2ccc3c(c2)CCO3)ncn1. The Bertz CT molecular complexity index is 601. The van der Waals surface area contributed by atoms with Gasteiger partial charge in [-0.2, -0.15) is 0 Å². The maximum absolute atomic E-state index is 10.4. The van der Waals surface area contributed by atoms with Crippen molar-refractivity contribution in [2.24, 2.45) is 0 Å². The monoisotopic (exact) mass is 258 g/mol. The summed E-state index contributed by atoms with van der Waals surface area (Å²) in [4.78, 5) is 8.01. The lowest BCUT2D eigenvalue weighted by Crippen LogP contribution is -2.04. The van der Waals surface area contributed by atoms with Crippen LogP contribution < -0.4 is 9.47 Å². The highest BCUT2D eigenvalue weighted by Crippen LogP contribution is 2.30. The first-order valence-electron chi connectivity index (χ1n) is 6.07. The van der Waals surface area contributed by atoms with Gasteiger partial charge in [0.15, 0.2) is 0 Å². The van der Waals surface area contributed by atoms with Crippen molar-refractivity contribution in [2.75, 3.05) is 13.7 Å². The summed E-state index contributed by atoms with van der Waals surface area (Å²) in [5.41, 5.74) is 2.44. The van der Waals surface area contributed by atoms with Crippen LogP contribution in [0.25, 0.3) is 0 Å². The summed E-state index contributed by atoms with van der Waals surface area (Å²) in [6, 6.07) is 7.33. The van der Waals surface area contributed by atoms with E-state index in [9.17, 15) is 5.11 Å². The second kappa shape index (κ2) is 4.85. The molecule has 2 heterocycles. The molecule has 19 heavy (non-hydrogen) atoms. The Kier molecular flexibility index (Phi) is 3.05. The van der Waals surface area contributed by atoms with Gasteiger partial charge in [-0.25, -0.2) is 9.97 Å². The standard InChI is InChI=1S/C14H14N2O3/c1-18-13-7-11(15-8-16-13)14(17)10-2-3-12-9(6-10)4-5-19-12/h2-3,6-8,14,17H,4-5H2,1H3. The number of hydrogen-bond acceptors (Lipinski definition) is 5. The Morgan fingerprint density at radius 3 is 3.05 bits per heavy atom. The van der Waals surface area contributed by atoms with Crippen LogP contribution >= 0.6 is 0 Å². The molecule has 0 fully saturated rings. The first-order chi connectivity index (χ1) is 9.28. The van der Waals surface area contributed by atoms with Crippen LogP contribution in [0.3, 0.4) is 0 Å². The average molecular weight is 258 g/mol. The lowest BCUT2D eigenvalue weighted by molar-refractivity contribution is 0.214. The summed E-state index contributed by atoms with van der Waals surface area (Å²) in [5, 5.41) is 10.4. The molecule has 0 saturated carbocycles. The smallest absolute Gasteiger partial charge is 0.216 e. The van der Waals surface area contributed by atoms with Crippen LogP contribution in [0.4, 0.5) is 0 Å². The van der Waals surface area contributed by atoms with Gasteiger partial charge in [0.2, 0.25) is 5.88 Å². The van der Waals surface area contributed by atoms with Gasteiger partial charge in [0.1, 0.15) is 18.2 Å². The molecule has 5 heteroatoms. The third kappa shape index (κ3) is 2.24. The Morgan fingerprint density at radius 2 is 2.21 bits per heavy atom. The molecule has 1 unspecified atom stereocenters. The summed E-state index contributed by atoms with van der Waals surface area (Å²) < 4.78 is 10.5. The summed E-state index contributed by atoms with van der Waals surface area (Å²) in [7, 11) is 1.53. The Hall–Kier alpha value is -2.14. The molecule has 3 rings (SSSR count). The molecule has 1 aliphatic rings. The van der Waals surface area contributed by atoms with E-state index in [-0.39, 0.29) is 0 Å². The second-order valence-electron chi connectivity index (χ2n) is 4.35. The largest absolute Gasteiger partial charge is 0.493 e. The van der Waals surface area contributed by atoms with E-state index in [1.807, 2.05) is 18.2 Å². The van der Waals surface area contributed by atoms with Gasteiger partial charge in [-0.05, 0) is 23.3 Å². The van der Waals surface area contributed by atoms with E-state index in [0.717, 1.165) is 23.3 Å². The number of benzene rings is 1. The highest BCUT2D eigenvalue weighted by molar-refractivity contribution is 5.42.